The second-order valence-electron chi connectivity index (χ2n) is 5.37. The third-order valence-electron chi connectivity index (χ3n) is 3.89. The van der Waals surface area contributed by atoms with Gasteiger partial charge in [0, 0.05) is 11.1 Å². The van der Waals surface area contributed by atoms with Gasteiger partial charge in [-0.05, 0) is 24.3 Å². The lowest BCUT2D eigenvalue weighted by atomic mass is 10.0. The molecule has 2 nitrogen and oxygen atoms in total. The minimum Gasteiger partial charge on any atom is -0.338 e. The first-order chi connectivity index (χ1) is 9.92. The predicted octanol–water partition coefficient (Wildman–Crippen LogP) is 4.62. The molecule has 1 aliphatic rings. The summed E-state index contributed by atoms with van der Waals surface area (Å²) in [5, 5.41) is 0. The minimum absolute atomic E-state index is 0.745. The van der Waals surface area contributed by atoms with Gasteiger partial charge >= 0.3 is 0 Å². The van der Waals surface area contributed by atoms with E-state index in [1.54, 1.807) is 0 Å². The normalized spacial score (nSPS) is 14.4. The van der Waals surface area contributed by atoms with E-state index in [1.807, 2.05) is 24.4 Å². The molecule has 0 spiro atoms. The summed E-state index contributed by atoms with van der Waals surface area (Å²) in [7, 11) is 0. The number of aromatic amines is 1. The fraction of sp³-hybridized carbons (Fsp3) is 0.167. The maximum Gasteiger partial charge on any atom is 0.137 e. The van der Waals surface area contributed by atoms with Gasteiger partial charge in [-0.1, -0.05) is 54.6 Å². The first kappa shape index (κ1) is 11.5. The van der Waals surface area contributed by atoms with Crippen LogP contribution in [0.5, 0.6) is 0 Å². The summed E-state index contributed by atoms with van der Waals surface area (Å²) < 4.78 is 0. The predicted molar refractivity (Wildman–Crippen MR) is 81.4 cm³/mol. The van der Waals surface area contributed by atoms with Crippen molar-refractivity contribution in [3.05, 3.63) is 66.4 Å². The van der Waals surface area contributed by atoms with Crippen LogP contribution in [0, 0.1) is 0 Å². The SMILES string of the molecule is c1ccc(-c2ncc(-c3ccccc3C3CC3)[nH]2)cc1. The Morgan fingerprint density at radius 3 is 2.45 bits per heavy atom. The van der Waals surface area contributed by atoms with Gasteiger partial charge in [-0.2, -0.15) is 0 Å². The molecule has 3 aromatic rings. The van der Waals surface area contributed by atoms with Gasteiger partial charge in [-0.25, -0.2) is 4.98 Å². The van der Waals surface area contributed by atoms with Crippen LogP contribution in [0.1, 0.15) is 24.3 Å². The molecule has 0 amide bonds. The van der Waals surface area contributed by atoms with Gasteiger partial charge in [-0.15, -0.1) is 0 Å². The quantitative estimate of drug-likeness (QED) is 0.731. The standard InChI is InChI=1S/C18H16N2/c1-2-6-14(7-3-1)18-19-12-17(20-18)16-9-5-4-8-15(16)13-10-11-13/h1-9,12-13H,10-11H2,(H,19,20). The van der Waals surface area contributed by atoms with Crippen molar-refractivity contribution in [2.45, 2.75) is 18.8 Å². The van der Waals surface area contributed by atoms with Gasteiger partial charge < -0.3 is 4.98 Å². The molecule has 98 valence electrons. The molecule has 2 aromatic carbocycles. The topological polar surface area (TPSA) is 28.7 Å². The Balaban J connectivity index is 1.75. The van der Waals surface area contributed by atoms with Crippen molar-refractivity contribution in [1.29, 1.82) is 0 Å². The van der Waals surface area contributed by atoms with E-state index in [1.165, 1.54) is 24.0 Å². The monoisotopic (exact) mass is 260 g/mol. The summed E-state index contributed by atoms with van der Waals surface area (Å²) >= 11 is 0. The van der Waals surface area contributed by atoms with Crippen LogP contribution < -0.4 is 0 Å². The van der Waals surface area contributed by atoms with Crippen LogP contribution in [-0.4, -0.2) is 9.97 Å². The molecular weight excluding hydrogens is 244 g/mol. The van der Waals surface area contributed by atoms with Gasteiger partial charge in [0.25, 0.3) is 0 Å². The number of H-pyrrole nitrogens is 1. The van der Waals surface area contributed by atoms with E-state index in [9.17, 15) is 0 Å². The Kier molecular flexibility index (Phi) is 2.66. The summed E-state index contributed by atoms with van der Waals surface area (Å²) in [4.78, 5) is 7.99. The Morgan fingerprint density at radius 1 is 0.900 bits per heavy atom. The molecule has 0 atom stereocenters. The van der Waals surface area contributed by atoms with E-state index in [0.717, 1.165) is 23.0 Å². The highest BCUT2D eigenvalue weighted by atomic mass is 14.9. The summed E-state index contributed by atoms with van der Waals surface area (Å²) in [6.45, 7) is 0. The van der Waals surface area contributed by atoms with Crippen LogP contribution in [0.15, 0.2) is 60.8 Å². The van der Waals surface area contributed by atoms with Gasteiger partial charge in [0.15, 0.2) is 0 Å². The maximum atomic E-state index is 4.53. The van der Waals surface area contributed by atoms with Crippen LogP contribution in [0.4, 0.5) is 0 Å². The first-order valence-corrected chi connectivity index (χ1v) is 7.11. The highest BCUT2D eigenvalue weighted by Gasteiger charge is 2.26. The minimum atomic E-state index is 0.745. The number of hydrogen-bond acceptors (Lipinski definition) is 1. The molecule has 2 heteroatoms. The molecule has 1 N–H and O–H groups in total. The Labute approximate surface area is 118 Å². The van der Waals surface area contributed by atoms with E-state index < -0.39 is 0 Å². The van der Waals surface area contributed by atoms with Gasteiger partial charge in [0.2, 0.25) is 0 Å². The number of imidazole rings is 1. The van der Waals surface area contributed by atoms with Crippen LogP contribution in [-0.2, 0) is 0 Å². The Hall–Kier alpha value is -2.35. The van der Waals surface area contributed by atoms with Crippen molar-refractivity contribution < 1.29 is 0 Å². The van der Waals surface area contributed by atoms with E-state index in [4.69, 9.17) is 0 Å². The summed E-state index contributed by atoms with van der Waals surface area (Å²) in [5.74, 6) is 1.68. The van der Waals surface area contributed by atoms with Gasteiger partial charge in [0.1, 0.15) is 5.82 Å². The fourth-order valence-corrected chi connectivity index (χ4v) is 2.69. The summed E-state index contributed by atoms with van der Waals surface area (Å²) in [6.07, 6.45) is 4.58. The van der Waals surface area contributed by atoms with Crippen LogP contribution in [0.25, 0.3) is 22.6 Å². The van der Waals surface area contributed by atoms with E-state index >= 15 is 0 Å². The zero-order chi connectivity index (χ0) is 13.4. The second-order valence-corrected chi connectivity index (χ2v) is 5.37. The van der Waals surface area contributed by atoms with Crippen LogP contribution in [0.3, 0.4) is 0 Å². The molecule has 0 unspecified atom stereocenters. The number of rotatable bonds is 3. The first-order valence-electron chi connectivity index (χ1n) is 7.11. The lowest BCUT2D eigenvalue weighted by Gasteiger charge is -2.06. The average Bonchev–Trinajstić information content (AvgIpc) is 3.25. The summed E-state index contributed by atoms with van der Waals surface area (Å²) in [5.41, 5.74) is 4.99. The molecule has 1 aromatic heterocycles. The molecular formula is C18H16N2. The molecule has 1 fully saturated rings. The number of benzene rings is 2. The zero-order valence-electron chi connectivity index (χ0n) is 11.2. The van der Waals surface area contributed by atoms with E-state index in [0.29, 0.717) is 0 Å². The van der Waals surface area contributed by atoms with Crippen molar-refractivity contribution >= 4 is 0 Å². The van der Waals surface area contributed by atoms with Gasteiger partial charge in [-0.3, -0.25) is 0 Å². The fourth-order valence-electron chi connectivity index (χ4n) is 2.69. The third-order valence-corrected chi connectivity index (χ3v) is 3.89. The van der Waals surface area contributed by atoms with Gasteiger partial charge in [0.05, 0.1) is 11.9 Å². The van der Waals surface area contributed by atoms with Crippen molar-refractivity contribution in [2.24, 2.45) is 0 Å². The number of hydrogen-bond donors (Lipinski definition) is 1. The molecule has 1 aliphatic carbocycles. The molecule has 1 saturated carbocycles. The average molecular weight is 260 g/mol. The van der Waals surface area contributed by atoms with Crippen molar-refractivity contribution in [3.63, 3.8) is 0 Å². The zero-order valence-corrected chi connectivity index (χ0v) is 11.2. The number of nitrogens with one attached hydrogen (secondary N) is 1. The lowest BCUT2D eigenvalue weighted by Crippen LogP contribution is -1.87. The van der Waals surface area contributed by atoms with Crippen molar-refractivity contribution in [2.75, 3.05) is 0 Å². The third kappa shape index (κ3) is 2.03. The van der Waals surface area contributed by atoms with Crippen molar-refractivity contribution in [3.8, 4) is 22.6 Å². The molecule has 20 heavy (non-hydrogen) atoms. The van der Waals surface area contributed by atoms with Crippen LogP contribution >= 0.6 is 0 Å². The van der Waals surface area contributed by atoms with E-state index in [2.05, 4.69) is 46.4 Å². The number of aromatic nitrogens is 2. The van der Waals surface area contributed by atoms with E-state index in [-0.39, 0.29) is 0 Å². The Bertz CT molecular complexity index is 724. The highest BCUT2D eigenvalue weighted by Crippen LogP contribution is 2.44. The highest BCUT2D eigenvalue weighted by molar-refractivity contribution is 5.68. The molecule has 4 rings (SSSR count). The largest absolute Gasteiger partial charge is 0.338 e. The number of nitrogens with zero attached hydrogens (tertiary/aromatic N) is 1. The van der Waals surface area contributed by atoms with Crippen LogP contribution in [0.2, 0.25) is 0 Å². The summed E-state index contributed by atoms with van der Waals surface area (Å²) in [6, 6.07) is 18.9. The molecule has 0 bridgehead atoms. The maximum absolute atomic E-state index is 4.53. The molecule has 0 radical (unpaired) electrons. The second kappa shape index (κ2) is 4.64. The molecule has 1 heterocycles. The molecule has 0 saturated heterocycles. The van der Waals surface area contributed by atoms with Crippen molar-refractivity contribution in [1.82, 2.24) is 9.97 Å². The molecule has 0 aliphatic heterocycles. The Morgan fingerprint density at radius 2 is 1.65 bits per heavy atom. The lowest BCUT2D eigenvalue weighted by molar-refractivity contribution is 1.13. The smallest absolute Gasteiger partial charge is 0.137 e.